The summed E-state index contributed by atoms with van der Waals surface area (Å²) in [6.45, 7) is 0. The van der Waals surface area contributed by atoms with E-state index in [1.165, 1.54) is 25.4 Å². The van der Waals surface area contributed by atoms with Crippen LogP contribution in [0.1, 0.15) is 23.2 Å². The van der Waals surface area contributed by atoms with E-state index >= 15 is 0 Å². The van der Waals surface area contributed by atoms with Gasteiger partial charge in [0.1, 0.15) is 16.3 Å². The number of carboxylic acids is 1. The fourth-order valence-electron chi connectivity index (χ4n) is 2.95. The van der Waals surface area contributed by atoms with Crippen molar-refractivity contribution < 1.29 is 24.2 Å². The molecule has 1 aromatic heterocycles. The van der Waals surface area contributed by atoms with Crippen molar-refractivity contribution in [3.63, 3.8) is 0 Å². The quantitative estimate of drug-likeness (QED) is 0.527. The predicted octanol–water partition coefficient (Wildman–Crippen LogP) is 4.67. The van der Waals surface area contributed by atoms with Crippen LogP contribution in [0.15, 0.2) is 42.6 Å². The fourth-order valence-corrected chi connectivity index (χ4v) is 3.14. The van der Waals surface area contributed by atoms with E-state index in [-0.39, 0.29) is 34.2 Å². The number of aromatic carboxylic acids is 1. The molecule has 2 aromatic carbocycles. The Balaban J connectivity index is 1.73. The number of carbonyl (C=O) groups excluding carboxylic acids is 1. The SMILES string of the molecule is COc1cc2ncc(Cl)c(Oc3ccccc3NC(=O)NC3CC3)c2cc1C(=O)O. The lowest BCUT2D eigenvalue weighted by Crippen LogP contribution is -2.30. The summed E-state index contributed by atoms with van der Waals surface area (Å²) in [4.78, 5) is 28.0. The number of aromatic nitrogens is 1. The highest BCUT2D eigenvalue weighted by Gasteiger charge is 2.24. The molecular formula is C21H18ClN3O5. The molecule has 0 bridgehead atoms. The largest absolute Gasteiger partial charge is 0.496 e. The number of hydrogen-bond acceptors (Lipinski definition) is 5. The molecule has 0 radical (unpaired) electrons. The van der Waals surface area contributed by atoms with Gasteiger partial charge in [-0.15, -0.1) is 0 Å². The third kappa shape index (κ3) is 4.08. The van der Waals surface area contributed by atoms with E-state index in [9.17, 15) is 14.7 Å². The maximum atomic E-state index is 12.1. The van der Waals surface area contributed by atoms with Crippen molar-refractivity contribution in [2.75, 3.05) is 12.4 Å². The van der Waals surface area contributed by atoms with Gasteiger partial charge in [-0.3, -0.25) is 4.98 Å². The third-order valence-corrected chi connectivity index (χ3v) is 4.86. The Kier molecular flexibility index (Phi) is 5.33. The zero-order chi connectivity index (χ0) is 21.3. The summed E-state index contributed by atoms with van der Waals surface area (Å²) >= 11 is 6.33. The van der Waals surface area contributed by atoms with E-state index in [0.29, 0.717) is 22.3 Å². The smallest absolute Gasteiger partial charge is 0.339 e. The topological polar surface area (TPSA) is 110 Å². The second-order valence-corrected chi connectivity index (χ2v) is 7.19. The first kappa shape index (κ1) is 19.8. The number of hydrogen-bond donors (Lipinski definition) is 3. The number of fused-ring (bicyclic) bond motifs is 1. The number of carboxylic acid groups (broad SMARTS) is 1. The van der Waals surface area contributed by atoms with Crippen LogP contribution in [0.25, 0.3) is 10.9 Å². The van der Waals surface area contributed by atoms with Crippen LogP contribution < -0.4 is 20.1 Å². The van der Waals surface area contributed by atoms with Crippen LogP contribution in [0.2, 0.25) is 5.02 Å². The van der Waals surface area contributed by atoms with Gasteiger partial charge in [0.15, 0.2) is 11.5 Å². The summed E-state index contributed by atoms with van der Waals surface area (Å²) < 4.78 is 11.2. The first-order chi connectivity index (χ1) is 14.5. The molecule has 1 fully saturated rings. The Labute approximate surface area is 176 Å². The Morgan fingerprint density at radius 2 is 1.97 bits per heavy atom. The molecule has 4 rings (SSSR count). The second kappa shape index (κ2) is 8.08. The molecule has 8 nitrogen and oxygen atoms in total. The fraction of sp³-hybridized carbons (Fsp3) is 0.190. The van der Waals surface area contributed by atoms with Gasteiger partial charge in [-0.25, -0.2) is 9.59 Å². The molecule has 0 aliphatic heterocycles. The Bertz CT molecular complexity index is 1150. The highest BCUT2D eigenvalue weighted by atomic mass is 35.5. The van der Waals surface area contributed by atoms with E-state index in [2.05, 4.69) is 15.6 Å². The molecule has 0 unspecified atom stereocenters. The highest BCUT2D eigenvalue weighted by molar-refractivity contribution is 6.33. The number of halogens is 1. The number of benzene rings is 2. The number of urea groups is 1. The van der Waals surface area contributed by atoms with Gasteiger partial charge < -0.3 is 25.2 Å². The Morgan fingerprint density at radius 1 is 1.20 bits per heavy atom. The molecule has 2 amide bonds. The van der Waals surface area contributed by atoms with E-state index in [1.807, 2.05) is 0 Å². The van der Waals surface area contributed by atoms with Crippen LogP contribution in [-0.2, 0) is 0 Å². The van der Waals surface area contributed by atoms with Crippen LogP contribution in [0.3, 0.4) is 0 Å². The average Bonchev–Trinajstić information content (AvgIpc) is 3.54. The van der Waals surface area contributed by atoms with Crippen LogP contribution in [0.5, 0.6) is 17.2 Å². The van der Waals surface area contributed by atoms with E-state index in [0.717, 1.165) is 12.8 Å². The number of methoxy groups -OCH3 is 1. The van der Waals surface area contributed by atoms with Crippen molar-refractivity contribution in [1.82, 2.24) is 10.3 Å². The van der Waals surface area contributed by atoms with Crippen molar-refractivity contribution in [2.24, 2.45) is 0 Å². The minimum Gasteiger partial charge on any atom is -0.496 e. The first-order valence-electron chi connectivity index (χ1n) is 9.20. The van der Waals surface area contributed by atoms with Crippen molar-refractivity contribution in [2.45, 2.75) is 18.9 Å². The molecule has 1 saturated carbocycles. The minimum absolute atomic E-state index is 0.0471. The van der Waals surface area contributed by atoms with Crippen LogP contribution in [0.4, 0.5) is 10.5 Å². The molecule has 30 heavy (non-hydrogen) atoms. The average molecular weight is 428 g/mol. The van der Waals surface area contributed by atoms with Crippen LogP contribution in [0, 0.1) is 0 Å². The number of carbonyl (C=O) groups is 2. The van der Waals surface area contributed by atoms with Crippen LogP contribution >= 0.6 is 11.6 Å². The summed E-state index contributed by atoms with van der Waals surface area (Å²) in [7, 11) is 1.38. The number of rotatable bonds is 6. The Hall–Kier alpha value is -3.52. The maximum absolute atomic E-state index is 12.1. The molecule has 1 aliphatic carbocycles. The zero-order valence-electron chi connectivity index (χ0n) is 15.9. The van der Waals surface area contributed by atoms with Gasteiger partial charge in [-0.05, 0) is 31.0 Å². The number of nitrogens with one attached hydrogen (secondary N) is 2. The van der Waals surface area contributed by atoms with E-state index < -0.39 is 5.97 Å². The molecule has 0 atom stereocenters. The van der Waals surface area contributed by atoms with Crippen LogP contribution in [-0.4, -0.2) is 35.2 Å². The maximum Gasteiger partial charge on any atom is 0.339 e. The van der Waals surface area contributed by atoms with Crippen molar-refractivity contribution in [1.29, 1.82) is 0 Å². The summed E-state index contributed by atoms with van der Waals surface area (Å²) in [6, 6.07) is 9.69. The standard InChI is InChI=1S/C21H18ClN3O5/c1-29-18-9-16-12(8-13(18)20(26)27)19(14(22)10-23-16)30-17-5-3-2-4-15(17)25-21(28)24-11-6-7-11/h2-5,8-11H,6-7H2,1H3,(H,26,27)(H2,24,25,28). The lowest BCUT2D eigenvalue weighted by Gasteiger charge is -2.15. The molecule has 1 heterocycles. The number of pyridine rings is 1. The number of nitrogens with zero attached hydrogens (tertiary/aromatic N) is 1. The third-order valence-electron chi connectivity index (χ3n) is 4.59. The number of anilines is 1. The molecular weight excluding hydrogens is 410 g/mol. The van der Waals surface area contributed by atoms with E-state index in [1.54, 1.807) is 24.3 Å². The van der Waals surface area contributed by atoms with Gasteiger partial charge in [-0.2, -0.15) is 0 Å². The highest BCUT2D eigenvalue weighted by Crippen LogP contribution is 2.40. The van der Waals surface area contributed by atoms with Gasteiger partial charge in [-0.1, -0.05) is 23.7 Å². The van der Waals surface area contributed by atoms with Gasteiger partial charge in [0.05, 0.1) is 18.3 Å². The summed E-state index contributed by atoms with van der Waals surface area (Å²) in [5.74, 6) is -0.401. The summed E-state index contributed by atoms with van der Waals surface area (Å²) in [5.41, 5.74) is 0.853. The lowest BCUT2D eigenvalue weighted by atomic mass is 10.1. The molecule has 3 aromatic rings. The minimum atomic E-state index is -1.15. The first-order valence-corrected chi connectivity index (χ1v) is 9.58. The molecule has 1 aliphatic rings. The number of amides is 2. The summed E-state index contributed by atoms with van der Waals surface area (Å²) in [6.07, 6.45) is 3.36. The van der Waals surface area contributed by atoms with Crippen molar-refractivity contribution in [3.05, 3.63) is 53.2 Å². The van der Waals surface area contributed by atoms with E-state index in [4.69, 9.17) is 21.1 Å². The van der Waals surface area contributed by atoms with Crippen molar-refractivity contribution >= 4 is 40.2 Å². The molecule has 154 valence electrons. The number of para-hydroxylation sites is 2. The normalized spacial score (nSPS) is 13.0. The summed E-state index contributed by atoms with van der Waals surface area (Å²) in [5, 5.41) is 15.7. The van der Waals surface area contributed by atoms with Crippen molar-refractivity contribution in [3.8, 4) is 17.2 Å². The zero-order valence-corrected chi connectivity index (χ0v) is 16.7. The predicted molar refractivity (Wildman–Crippen MR) is 112 cm³/mol. The van der Waals surface area contributed by atoms with Gasteiger partial charge in [0, 0.05) is 23.7 Å². The molecule has 0 spiro atoms. The second-order valence-electron chi connectivity index (χ2n) is 6.78. The molecule has 0 saturated heterocycles. The lowest BCUT2D eigenvalue weighted by molar-refractivity contribution is 0.0693. The van der Waals surface area contributed by atoms with Gasteiger partial charge in [0.25, 0.3) is 0 Å². The Morgan fingerprint density at radius 3 is 2.67 bits per heavy atom. The van der Waals surface area contributed by atoms with Gasteiger partial charge >= 0.3 is 12.0 Å². The monoisotopic (exact) mass is 427 g/mol. The molecule has 3 N–H and O–H groups in total. The van der Waals surface area contributed by atoms with Gasteiger partial charge in [0.2, 0.25) is 0 Å². The number of ether oxygens (including phenoxy) is 2. The molecule has 9 heteroatoms.